The van der Waals surface area contributed by atoms with Gasteiger partial charge in [-0.05, 0) is 35.9 Å². The molecule has 0 bridgehead atoms. The molecule has 0 saturated heterocycles. The van der Waals surface area contributed by atoms with Gasteiger partial charge >= 0.3 is 6.43 Å². The van der Waals surface area contributed by atoms with Crippen molar-refractivity contribution in [2.75, 3.05) is 4.90 Å². The van der Waals surface area contributed by atoms with Gasteiger partial charge in [-0.1, -0.05) is 30.3 Å². The van der Waals surface area contributed by atoms with E-state index in [9.17, 15) is 22.4 Å². The fraction of sp³-hybridized carbons (Fsp3) is 0.0870. The lowest BCUT2D eigenvalue weighted by molar-refractivity contribution is 0.0996. The first-order valence-electron chi connectivity index (χ1n) is 9.53. The maximum Gasteiger partial charge on any atom is 0.314 e. The van der Waals surface area contributed by atoms with Crippen molar-refractivity contribution in [3.8, 4) is 22.6 Å². The molecule has 2 heterocycles. The maximum atomic E-state index is 14.9. The van der Waals surface area contributed by atoms with Crippen LogP contribution < -0.4 is 4.90 Å². The van der Waals surface area contributed by atoms with Crippen LogP contribution in [0.2, 0.25) is 0 Å². The number of carbonyl (C=O) groups excluding carboxylic acids is 1. The summed E-state index contributed by atoms with van der Waals surface area (Å²) in [5, 5.41) is 6.75. The molecule has 160 valence electrons. The molecule has 0 N–H and O–H groups in total. The van der Waals surface area contributed by atoms with E-state index in [4.69, 9.17) is 4.42 Å². The lowest BCUT2D eigenvalue weighted by Gasteiger charge is -2.20. The number of carbonyl (C=O) groups is 1. The van der Waals surface area contributed by atoms with Crippen molar-refractivity contribution >= 4 is 11.6 Å². The third-order valence-corrected chi connectivity index (χ3v) is 5.19. The molecule has 4 aromatic rings. The molecule has 32 heavy (non-hydrogen) atoms. The summed E-state index contributed by atoms with van der Waals surface area (Å²) in [5.41, 5.74) is 1.89. The van der Waals surface area contributed by atoms with E-state index in [0.29, 0.717) is 16.8 Å². The van der Waals surface area contributed by atoms with Crippen LogP contribution in [0.25, 0.3) is 22.6 Å². The van der Waals surface area contributed by atoms with Gasteiger partial charge in [0.1, 0.15) is 11.6 Å². The lowest BCUT2D eigenvalue weighted by atomic mass is 10.0. The standard InChI is InChI=1S/C23H13F4N3O2/c24-14-5-3-4-12(8-14)15-6-1-2-7-19(15)30-11-17-16(23(30)31)9-13(10-18(17)25)21-28-29-22(32-21)20(26)27/h1-10,20H,11H2. The summed E-state index contributed by atoms with van der Waals surface area (Å²) in [6.45, 7) is -0.0429. The highest BCUT2D eigenvalue weighted by Crippen LogP contribution is 2.38. The van der Waals surface area contributed by atoms with Crippen LogP contribution in [-0.2, 0) is 6.54 Å². The Balaban J connectivity index is 1.55. The van der Waals surface area contributed by atoms with Crippen molar-refractivity contribution < 1.29 is 26.8 Å². The molecule has 0 radical (unpaired) electrons. The molecule has 0 saturated carbocycles. The van der Waals surface area contributed by atoms with Crippen molar-refractivity contribution in [3.63, 3.8) is 0 Å². The zero-order chi connectivity index (χ0) is 22.4. The molecular weight excluding hydrogens is 426 g/mol. The van der Waals surface area contributed by atoms with E-state index in [0.717, 1.165) is 6.07 Å². The molecule has 3 aromatic carbocycles. The van der Waals surface area contributed by atoms with Gasteiger partial charge in [0.2, 0.25) is 5.89 Å². The predicted molar refractivity (Wildman–Crippen MR) is 107 cm³/mol. The van der Waals surface area contributed by atoms with Crippen molar-refractivity contribution in [3.05, 3.63) is 89.3 Å². The highest BCUT2D eigenvalue weighted by atomic mass is 19.3. The van der Waals surface area contributed by atoms with Gasteiger partial charge in [-0.25, -0.2) is 8.78 Å². The highest BCUT2D eigenvalue weighted by Gasteiger charge is 2.33. The fourth-order valence-electron chi connectivity index (χ4n) is 3.73. The van der Waals surface area contributed by atoms with E-state index in [1.807, 2.05) is 0 Å². The lowest BCUT2D eigenvalue weighted by Crippen LogP contribution is -2.23. The number of hydrogen-bond acceptors (Lipinski definition) is 4. The van der Waals surface area contributed by atoms with Gasteiger partial charge in [0, 0.05) is 22.3 Å². The first-order chi connectivity index (χ1) is 15.4. The molecule has 1 aromatic heterocycles. The molecule has 0 aliphatic carbocycles. The number of anilines is 1. The smallest absolute Gasteiger partial charge is 0.314 e. The zero-order valence-corrected chi connectivity index (χ0v) is 16.2. The van der Waals surface area contributed by atoms with Crippen LogP contribution in [0.3, 0.4) is 0 Å². The van der Waals surface area contributed by atoms with Gasteiger partial charge in [0.25, 0.3) is 11.8 Å². The van der Waals surface area contributed by atoms with Crippen molar-refractivity contribution in [2.45, 2.75) is 13.0 Å². The van der Waals surface area contributed by atoms with Crippen LogP contribution in [0.5, 0.6) is 0 Å². The minimum absolute atomic E-state index is 0.0225. The number of amides is 1. The Hall–Kier alpha value is -4.01. The van der Waals surface area contributed by atoms with Crippen LogP contribution >= 0.6 is 0 Å². The van der Waals surface area contributed by atoms with Crippen LogP contribution in [0, 0.1) is 11.6 Å². The summed E-state index contributed by atoms with van der Waals surface area (Å²) >= 11 is 0. The number of halogens is 4. The van der Waals surface area contributed by atoms with Crippen LogP contribution in [0.1, 0.15) is 28.2 Å². The van der Waals surface area contributed by atoms with E-state index in [1.54, 1.807) is 36.4 Å². The van der Waals surface area contributed by atoms with E-state index in [1.165, 1.54) is 23.1 Å². The number of hydrogen-bond donors (Lipinski definition) is 0. The Morgan fingerprint density at radius 2 is 1.72 bits per heavy atom. The van der Waals surface area contributed by atoms with Gasteiger partial charge < -0.3 is 9.32 Å². The number of para-hydroxylation sites is 1. The summed E-state index contributed by atoms with van der Waals surface area (Å²) in [6.07, 6.45) is -2.97. The second kappa shape index (κ2) is 7.60. The Labute approximate surface area is 178 Å². The number of fused-ring (bicyclic) bond motifs is 1. The third-order valence-electron chi connectivity index (χ3n) is 5.19. The Kier molecular flexibility index (Phi) is 4.73. The molecule has 9 heteroatoms. The average Bonchev–Trinajstić information content (AvgIpc) is 3.40. The summed E-state index contributed by atoms with van der Waals surface area (Å²) in [6, 6.07) is 15.3. The number of benzene rings is 3. The summed E-state index contributed by atoms with van der Waals surface area (Å²) < 4.78 is 59.0. The molecule has 1 aliphatic rings. The minimum atomic E-state index is -2.97. The molecule has 1 aliphatic heterocycles. The summed E-state index contributed by atoms with van der Waals surface area (Å²) in [4.78, 5) is 14.6. The monoisotopic (exact) mass is 439 g/mol. The van der Waals surface area contributed by atoms with Gasteiger partial charge in [0.05, 0.1) is 12.2 Å². The summed E-state index contributed by atoms with van der Waals surface area (Å²) in [7, 11) is 0. The van der Waals surface area contributed by atoms with E-state index in [-0.39, 0.29) is 29.1 Å². The Bertz CT molecular complexity index is 1350. The number of aromatic nitrogens is 2. The number of rotatable bonds is 4. The van der Waals surface area contributed by atoms with E-state index >= 15 is 0 Å². The first-order valence-corrected chi connectivity index (χ1v) is 9.53. The molecule has 0 spiro atoms. The highest BCUT2D eigenvalue weighted by molar-refractivity contribution is 6.12. The van der Waals surface area contributed by atoms with E-state index in [2.05, 4.69) is 10.2 Å². The molecule has 1 amide bonds. The van der Waals surface area contributed by atoms with Gasteiger partial charge in [0.15, 0.2) is 0 Å². The van der Waals surface area contributed by atoms with Crippen molar-refractivity contribution in [1.82, 2.24) is 10.2 Å². The van der Waals surface area contributed by atoms with Crippen molar-refractivity contribution in [2.24, 2.45) is 0 Å². The SMILES string of the molecule is O=C1c2cc(-c3nnc(C(F)F)o3)cc(F)c2CN1c1ccccc1-c1cccc(F)c1. The normalized spacial score (nSPS) is 13.2. The molecule has 5 rings (SSSR count). The molecule has 0 atom stereocenters. The van der Waals surface area contributed by atoms with Gasteiger partial charge in [-0.3, -0.25) is 4.79 Å². The third kappa shape index (κ3) is 3.31. The topological polar surface area (TPSA) is 59.2 Å². The zero-order valence-electron chi connectivity index (χ0n) is 16.2. The summed E-state index contributed by atoms with van der Waals surface area (Å²) in [5.74, 6) is -2.82. The van der Waals surface area contributed by atoms with Gasteiger partial charge in [-0.15, -0.1) is 10.2 Å². The average molecular weight is 439 g/mol. The van der Waals surface area contributed by atoms with Gasteiger partial charge in [-0.2, -0.15) is 8.78 Å². The van der Waals surface area contributed by atoms with Crippen LogP contribution in [-0.4, -0.2) is 16.1 Å². The maximum absolute atomic E-state index is 14.9. The predicted octanol–water partition coefficient (Wildman–Crippen LogP) is 5.78. The molecule has 5 nitrogen and oxygen atoms in total. The minimum Gasteiger partial charge on any atom is -0.415 e. The Morgan fingerprint density at radius 3 is 2.47 bits per heavy atom. The van der Waals surface area contributed by atoms with E-state index < -0.39 is 29.9 Å². The number of nitrogens with zero attached hydrogens (tertiary/aromatic N) is 3. The Morgan fingerprint density at radius 1 is 0.906 bits per heavy atom. The second-order valence-electron chi connectivity index (χ2n) is 7.15. The van der Waals surface area contributed by atoms with Crippen LogP contribution in [0.4, 0.5) is 23.2 Å². The quantitative estimate of drug-likeness (QED) is 0.378. The fourth-order valence-corrected chi connectivity index (χ4v) is 3.73. The largest absolute Gasteiger partial charge is 0.415 e. The van der Waals surface area contributed by atoms with Crippen LogP contribution in [0.15, 0.2) is 65.1 Å². The first kappa shape index (κ1) is 19.9. The molecular formula is C23H13F4N3O2. The van der Waals surface area contributed by atoms with Crippen molar-refractivity contribution in [1.29, 1.82) is 0 Å². The molecule has 0 unspecified atom stereocenters. The second-order valence-corrected chi connectivity index (χ2v) is 7.15. The molecule has 0 fully saturated rings. The number of alkyl halides is 2.